The Morgan fingerprint density at radius 2 is 1.79 bits per heavy atom. The number of nitrogens with zero attached hydrogens (tertiary/aromatic N) is 3. The number of pyridine rings is 1. The lowest BCUT2D eigenvalue weighted by molar-refractivity contribution is -0.131. The fourth-order valence-electron chi connectivity index (χ4n) is 6.50. The van der Waals surface area contributed by atoms with Gasteiger partial charge >= 0.3 is 10.2 Å². The number of unbranched alkanes of at least 4 members (excludes halogenated alkanes) is 1. The van der Waals surface area contributed by atoms with Crippen molar-refractivity contribution in [2.24, 2.45) is 16.8 Å². The van der Waals surface area contributed by atoms with Crippen LogP contribution in [0, 0.1) is 11.8 Å². The van der Waals surface area contributed by atoms with Crippen molar-refractivity contribution in [3.05, 3.63) is 78.0 Å². The molecule has 2 aromatic carbocycles. The highest BCUT2D eigenvalue weighted by Gasteiger charge is 2.61. The number of benzene rings is 2. The number of nitrogens with one attached hydrogen (secondary N) is 2. The van der Waals surface area contributed by atoms with Crippen LogP contribution in [0.15, 0.2) is 71.9 Å². The number of carbonyl (C=O) groups is 1. The van der Waals surface area contributed by atoms with Gasteiger partial charge in [-0.15, -0.1) is 0 Å². The second-order valence-corrected chi connectivity index (χ2v) is 13.2. The third-order valence-corrected chi connectivity index (χ3v) is 9.62. The van der Waals surface area contributed by atoms with E-state index in [1.54, 1.807) is 30.3 Å². The van der Waals surface area contributed by atoms with Gasteiger partial charge in [0.1, 0.15) is 17.2 Å². The zero-order valence-corrected chi connectivity index (χ0v) is 25.6. The van der Waals surface area contributed by atoms with E-state index in [1.165, 1.54) is 12.6 Å². The van der Waals surface area contributed by atoms with Gasteiger partial charge in [0.15, 0.2) is 0 Å². The topological polar surface area (TPSA) is 113 Å². The van der Waals surface area contributed by atoms with Gasteiger partial charge in [-0.25, -0.2) is 4.98 Å². The van der Waals surface area contributed by atoms with E-state index < -0.39 is 15.7 Å². The summed E-state index contributed by atoms with van der Waals surface area (Å²) in [6, 6.07) is 18.4. The van der Waals surface area contributed by atoms with E-state index in [9.17, 15) is 13.2 Å². The van der Waals surface area contributed by atoms with Crippen LogP contribution in [0.5, 0.6) is 0 Å². The molecule has 0 saturated heterocycles. The minimum atomic E-state index is -3.96. The Morgan fingerprint density at radius 3 is 2.53 bits per heavy atom. The summed E-state index contributed by atoms with van der Waals surface area (Å²) in [5, 5.41) is 0. The fraction of sp³-hybridized carbons (Fsp3) is 0.424. The molecular formula is C33H39N5O4S. The van der Waals surface area contributed by atoms with E-state index in [1.807, 2.05) is 36.1 Å². The molecule has 2 N–H and O–H groups in total. The summed E-state index contributed by atoms with van der Waals surface area (Å²) in [5.74, 6) is 2.62. The van der Waals surface area contributed by atoms with E-state index >= 15 is 0 Å². The van der Waals surface area contributed by atoms with Crippen LogP contribution in [0.2, 0.25) is 0 Å². The van der Waals surface area contributed by atoms with Gasteiger partial charge in [0.05, 0.1) is 18.8 Å². The molecule has 226 valence electrons. The minimum absolute atomic E-state index is 0.154. The second-order valence-electron chi connectivity index (χ2n) is 11.8. The molecule has 1 spiro atoms. The highest BCUT2D eigenvalue weighted by Crippen LogP contribution is 2.59. The van der Waals surface area contributed by atoms with Crippen LogP contribution >= 0.6 is 0 Å². The van der Waals surface area contributed by atoms with Gasteiger partial charge in [-0.3, -0.25) is 24.1 Å². The Labute approximate surface area is 254 Å². The number of rotatable bonds is 13. The maximum absolute atomic E-state index is 13.8. The maximum Gasteiger partial charge on any atom is 0.322 e. The number of fused-ring (bicyclic) bond motifs is 1. The van der Waals surface area contributed by atoms with Crippen molar-refractivity contribution in [2.75, 3.05) is 16.1 Å². The number of anilines is 2. The standard InChI is InChI=1S/C33H39N5O4S/c1-3-5-13-31-35-33(19-24-18-25(24)20-33)32(39)38(31)21-23-14-15-27(26(17-23)22-42-4-2)28-10-6-7-11-29(28)36-43(40,41)37-30-12-8-9-16-34-30/h6-12,14-17,24-25,36H,3-5,13,18-22H2,1-2H3,(H,34,37)/t24-,25?,33-/m1/s1. The lowest BCUT2D eigenvalue weighted by atomic mass is 9.93. The summed E-state index contributed by atoms with van der Waals surface area (Å²) in [4.78, 5) is 24.9. The Balaban J connectivity index is 1.27. The number of amidine groups is 1. The first-order chi connectivity index (χ1) is 20.8. The molecule has 2 saturated carbocycles. The summed E-state index contributed by atoms with van der Waals surface area (Å²) >= 11 is 0. The van der Waals surface area contributed by atoms with Crippen molar-refractivity contribution in [3.63, 3.8) is 0 Å². The van der Waals surface area contributed by atoms with Gasteiger partial charge in [-0.05, 0) is 79.3 Å². The highest BCUT2D eigenvalue weighted by atomic mass is 32.2. The van der Waals surface area contributed by atoms with Crippen molar-refractivity contribution in [2.45, 2.75) is 71.1 Å². The number of ether oxygens (including phenoxy) is 1. The van der Waals surface area contributed by atoms with Crippen LogP contribution in [0.3, 0.4) is 0 Å². The zero-order valence-electron chi connectivity index (χ0n) is 24.8. The molecule has 1 unspecified atom stereocenters. The van der Waals surface area contributed by atoms with Gasteiger partial charge < -0.3 is 4.74 Å². The number of hydrogen-bond acceptors (Lipinski definition) is 6. The van der Waals surface area contributed by atoms with Crippen molar-refractivity contribution in [1.29, 1.82) is 0 Å². The van der Waals surface area contributed by atoms with E-state index in [-0.39, 0.29) is 11.7 Å². The van der Waals surface area contributed by atoms with Crippen LogP contribution in [0.25, 0.3) is 11.1 Å². The first kappa shape index (κ1) is 29.3. The molecule has 0 bridgehead atoms. The molecule has 1 aliphatic heterocycles. The van der Waals surface area contributed by atoms with Crippen LogP contribution in [0.4, 0.5) is 11.5 Å². The van der Waals surface area contributed by atoms with Gasteiger partial charge in [0.2, 0.25) is 0 Å². The van der Waals surface area contributed by atoms with Crippen LogP contribution in [-0.4, -0.2) is 42.2 Å². The van der Waals surface area contributed by atoms with Gasteiger partial charge in [-0.2, -0.15) is 8.42 Å². The van der Waals surface area contributed by atoms with Crippen molar-refractivity contribution >= 4 is 33.5 Å². The summed E-state index contributed by atoms with van der Waals surface area (Å²) in [5.41, 5.74) is 3.37. The average Bonchev–Trinajstić information content (AvgIpc) is 3.54. The van der Waals surface area contributed by atoms with Gasteiger partial charge in [0.25, 0.3) is 5.91 Å². The molecule has 0 radical (unpaired) electrons. The third kappa shape index (κ3) is 6.31. The van der Waals surface area contributed by atoms with Gasteiger partial charge in [0, 0.05) is 24.8 Å². The monoisotopic (exact) mass is 601 g/mol. The SMILES string of the molecule is CCCCC1=N[C@]2(CC3C[C@@H]3C2)C(=O)N1Cc1ccc(-c2ccccc2NS(=O)(=O)Nc2ccccn2)c(COCC)c1. The molecule has 6 rings (SSSR count). The van der Waals surface area contributed by atoms with E-state index in [0.717, 1.165) is 60.2 Å². The molecule has 1 aromatic heterocycles. The van der Waals surface area contributed by atoms with Crippen molar-refractivity contribution < 1.29 is 17.9 Å². The number of aliphatic imine (C=N–C) groups is 1. The van der Waals surface area contributed by atoms with E-state index in [0.29, 0.717) is 37.3 Å². The fourth-order valence-corrected chi connectivity index (χ4v) is 7.41. The Morgan fingerprint density at radius 1 is 1.00 bits per heavy atom. The normalized spacial score (nSPS) is 22.5. The first-order valence-electron chi connectivity index (χ1n) is 15.2. The lowest BCUT2D eigenvalue weighted by Gasteiger charge is -2.24. The number of amides is 1. The molecule has 3 aromatic rings. The molecule has 43 heavy (non-hydrogen) atoms. The first-order valence-corrected chi connectivity index (χ1v) is 16.7. The highest BCUT2D eigenvalue weighted by molar-refractivity contribution is 7.94. The van der Waals surface area contributed by atoms with E-state index in [4.69, 9.17) is 9.73 Å². The van der Waals surface area contributed by atoms with Crippen LogP contribution in [0.1, 0.15) is 63.5 Å². The molecule has 3 aliphatic rings. The lowest BCUT2D eigenvalue weighted by Crippen LogP contribution is -2.41. The summed E-state index contributed by atoms with van der Waals surface area (Å²) in [7, 11) is -3.96. The zero-order chi connectivity index (χ0) is 30.0. The molecule has 1 amide bonds. The van der Waals surface area contributed by atoms with Crippen LogP contribution in [-0.2, 0) is 32.9 Å². The number of para-hydroxylation sites is 1. The molecule has 10 heteroatoms. The predicted octanol–water partition coefficient (Wildman–Crippen LogP) is 6.15. The summed E-state index contributed by atoms with van der Waals surface area (Å²) in [6.45, 7) is 5.45. The number of hydrogen-bond donors (Lipinski definition) is 2. The smallest absolute Gasteiger partial charge is 0.322 e. The van der Waals surface area contributed by atoms with Crippen LogP contribution < -0.4 is 9.44 Å². The summed E-state index contributed by atoms with van der Waals surface area (Å²) in [6.07, 6.45) is 7.40. The third-order valence-electron chi connectivity index (χ3n) is 8.66. The molecule has 2 fully saturated rings. The maximum atomic E-state index is 13.8. The summed E-state index contributed by atoms with van der Waals surface area (Å²) < 4.78 is 37.0. The Bertz CT molecular complexity index is 1620. The van der Waals surface area contributed by atoms with Crippen molar-refractivity contribution in [3.8, 4) is 11.1 Å². The molecule has 2 heterocycles. The van der Waals surface area contributed by atoms with Gasteiger partial charge in [-0.1, -0.05) is 55.8 Å². The molecule has 9 nitrogen and oxygen atoms in total. The quantitative estimate of drug-likeness (QED) is 0.244. The average molecular weight is 602 g/mol. The minimum Gasteiger partial charge on any atom is -0.377 e. The van der Waals surface area contributed by atoms with Crippen molar-refractivity contribution in [1.82, 2.24) is 9.88 Å². The van der Waals surface area contributed by atoms with E-state index in [2.05, 4.69) is 27.4 Å². The number of aromatic nitrogens is 1. The molecular weight excluding hydrogens is 562 g/mol. The number of carbonyl (C=O) groups excluding carboxylic acids is 1. The second kappa shape index (κ2) is 12.1. The predicted molar refractivity (Wildman–Crippen MR) is 169 cm³/mol. The Hall–Kier alpha value is -3.76. The molecule has 3 atom stereocenters. The molecule has 2 aliphatic carbocycles. The largest absolute Gasteiger partial charge is 0.377 e. The Kier molecular flexibility index (Phi) is 8.24.